The number of benzene rings is 1. The summed E-state index contributed by atoms with van der Waals surface area (Å²) in [6, 6.07) is 2.63. The molecule has 0 heterocycles. The van der Waals surface area contributed by atoms with E-state index in [2.05, 4.69) is 15.9 Å². The van der Waals surface area contributed by atoms with E-state index in [0.29, 0.717) is 10.9 Å². The maximum Gasteiger partial charge on any atom is 0.342 e. The van der Waals surface area contributed by atoms with Crippen LogP contribution < -0.4 is 4.74 Å². The third-order valence-electron chi connectivity index (χ3n) is 2.24. The van der Waals surface area contributed by atoms with Gasteiger partial charge in [0.1, 0.15) is 11.3 Å². The lowest BCUT2D eigenvalue weighted by atomic mass is 10.1. The maximum atomic E-state index is 11.7. The molecule has 0 aliphatic heterocycles. The SMILES string of the molecule is CCOC(=O)c1cc([N+](=O)[O-])c(CBr)cc1OC. The first kappa shape index (κ1) is 14.4. The summed E-state index contributed by atoms with van der Waals surface area (Å²) >= 11 is 3.16. The highest BCUT2D eigenvalue weighted by atomic mass is 79.9. The van der Waals surface area contributed by atoms with Crippen LogP contribution in [-0.4, -0.2) is 24.6 Å². The van der Waals surface area contributed by atoms with Gasteiger partial charge in [-0.2, -0.15) is 0 Å². The standard InChI is InChI=1S/C11H12BrNO5/c1-3-18-11(14)8-5-9(13(15)16)7(6-12)4-10(8)17-2/h4-5H,3,6H2,1-2H3. The summed E-state index contributed by atoms with van der Waals surface area (Å²) in [7, 11) is 1.39. The van der Waals surface area contributed by atoms with E-state index in [1.54, 1.807) is 6.92 Å². The number of carbonyl (C=O) groups excluding carboxylic acids is 1. The summed E-state index contributed by atoms with van der Waals surface area (Å²) in [5.41, 5.74) is 0.344. The van der Waals surface area contributed by atoms with E-state index in [-0.39, 0.29) is 23.6 Å². The van der Waals surface area contributed by atoms with Crippen molar-refractivity contribution in [2.75, 3.05) is 13.7 Å². The van der Waals surface area contributed by atoms with Crippen molar-refractivity contribution in [3.8, 4) is 5.75 Å². The smallest absolute Gasteiger partial charge is 0.342 e. The molecule has 0 N–H and O–H groups in total. The normalized spacial score (nSPS) is 9.94. The number of hydrogen-bond acceptors (Lipinski definition) is 5. The highest BCUT2D eigenvalue weighted by molar-refractivity contribution is 9.08. The predicted octanol–water partition coefficient (Wildman–Crippen LogP) is 2.68. The molecule has 1 rings (SSSR count). The van der Waals surface area contributed by atoms with Crippen molar-refractivity contribution in [2.24, 2.45) is 0 Å². The van der Waals surface area contributed by atoms with E-state index in [4.69, 9.17) is 9.47 Å². The molecule has 0 aliphatic carbocycles. The number of halogens is 1. The molecule has 18 heavy (non-hydrogen) atoms. The number of ether oxygens (including phenoxy) is 2. The summed E-state index contributed by atoms with van der Waals surface area (Å²) in [6.07, 6.45) is 0. The van der Waals surface area contributed by atoms with Gasteiger partial charge in [-0.25, -0.2) is 4.79 Å². The first-order valence-corrected chi connectivity index (χ1v) is 6.25. The van der Waals surface area contributed by atoms with Gasteiger partial charge in [-0.3, -0.25) is 10.1 Å². The molecule has 0 amide bonds. The van der Waals surface area contributed by atoms with E-state index < -0.39 is 10.9 Å². The Morgan fingerprint density at radius 3 is 2.61 bits per heavy atom. The van der Waals surface area contributed by atoms with Crippen molar-refractivity contribution in [3.05, 3.63) is 33.4 Å². The Kier molecular flexibility index (Phi) is 5.08. The molecule has 1 aromatic carbocycles. The van der Waals surface area contributed by atoms with Crippen LogP contribution in [0.1, 0.15) is 22.8 Å². The van der Waals surface area contributed by atoms with Crippen molar-refractivity contribution in [1.82, 2.24) is 0 Å². The van der Waals surface area contributed by atoms with Gasteiger partial charge < -0.3 is 9.47 Å². The van der Waals surface area contributed by atoms with Gasteiger partial charge in [0.2, 0.25) is 0 Å². The van der Waals surface area contributed by atoms with E-state index >= 15 is 0 Å². The van der Waals surface area contributed by atoms with Crippen LogP contribution in [0.3, 0.4) is 0 Å². The number of nitrogens with zero attached hydrogens (tertiary/aromatic N) is 1. The number of rotatable bonds is 5. The molecule has 0 unspecified atom stereocenters. The number of nitro groups is 1. The zero-order chi connectivity index (χ0) is 13.7. The number of nitro benzene ring substituents is 1. The molecule has 0 spiro atoms. The van der Waals surface area contributed by atoms with Crippen molar-refractivity contribution in [3.63, 3.8) is 0 Å². The Morgan fingerprint density at radius 2 is 2.17 bits per heavy atom. The van der Waals surface area contributed by atoms with Crippen LogP contribution in [-0.2, 0) is 10.1 Å². The Morgan fingerprint density at radius 1 is 1.50 bits per heavy atom. The van der Waals surface area contributed by atoms with Crippen LogP contribution in [0.2, 0.25) is 0 Å². The van der Waals surface area contributed by atoms with Gasteiger partial charge in [-0.15, -0.1) is 0 Å². The fourth-order valence-corrected chi connectivity index (χ4v) is 1.87. The van der Waals surface area contributed by atoms with Gasteiger partial charge in [0, 0.05) is 17.0 Å². The summed E-state index contributed by atoms with van der Waals surface area (Å²) < 4.78 is 9.87. The molecule has 6 nitrogen and oxygen atoms in total. The molecule has 98 valence electrons. The average Bonchev–Trinajstić information content (AvgIpc) is 2.37. The van der Waals surface area contributed by atoms with Gasteiger partial charge in [-0.05, 0) is 13.0 Å². The maximum absolute atomic E-state index is 11.7. The molecule has 7 heteroatoms. The monoisotopic (exact) mass is 317 g/mol. The summed E-state index contributed by atoms with van der Waals surface area (Å²) in [5.74, 6) is -0.382. The molecular formula is C11H12BrNO5. The average molecular weight is 318 g/mol. The number of alkyl halides is 1. The number of esters is 1. The second-order valence-electron chi connectivity index (χ2n) is 3.29. The van der Waals surface area contributed by atoms with Crippen molar-refractivity contribution in [2.45, 2.75) is 12.3 Å². The minimum absolute atomic E-state index is 0.0516. The third kappa shape index (κ3) is 2.98. The van der Waals surface area contributed by atoms with Crippen LogP contribution in [0, 0.1) is 10.1 Å². The largest absolute Gasteiger partial charge is 0.496 e. The lowest BCUT2D eigenvalue weighted by Gasteiger charge is -2.09. The molecule has 0 bridgehead atoms. The highest BCUT2D eigenvalue weighted by Crippen LogP contribution is 2.30. The van der Waals surface area contributed by atoms with Crippen LogP contribution in [0.15, 0.2) is 12.1 Å². The number of methoxy groups -OCH3 is 1. The van der Waals surface area contributed by atoms with Gasteiger partial charge >= 0.3 is 5.97 Å². The number of hydrogen-bond donors (Lipinski definition) is 0. The van der Waals surface area contributed by atoms with Crippen LogP contribution >= 0.6 is 15.9 Å². The molecule has 0 atom stereocenters. The second kappa shape index (κ2) is 6.34. The Bertz CT molecular complexity index is 475. The fraction of sp³-hybridized carbons (Fsp3) is 0.364. The fourth-order valence-electron chi connectivity index (χ4n) is 1.42. The quantitative estimate of drug-likeness (QED) is 0.361. The van der Waals surface area contributed by atoms with Crippen molar-refractivity contribution < 1.29 is 19.2 Å². The van der Waals surface area contributed by atoms with E-state index in [9.17, 15) is 14.9 Å². The molecule has 0 radical (unpaired) electrons. The predicted molar refractivity (Wildman–Crippen MR) is 68.2 cm³/mol. The molecule has 0 saturated heterocycles. The Balaban J connectivity index is 3.36. The van der Waals surface area contributed by atoms with Gasteiger partial charge in [0.05, 0.1) is 18.6 Å². The first-order valence-electron chi connectivity index (χ1n) is 5.13. The summed E-state index contributed by atoms with van der Waals surface area (Å²) in [5, 5.41) is 11.2. The minimum atomic E-state index is -0.640. The van der Waals surface area contributed by atoms with Gasteiger partial charge in [-0.1, -0.05) is 15.9 Å². The summed E-state index contributed by atoms with van der Waals surface area (Å²) in [4.78, 5) is 22.0. The second-order valence-corrected chi connectivity index (χ2v) is 3.85. The lowest BCUT2D eigenvalue weighted by Crippen LogP contribution is -2.08. The molecule has 0 aliphatic rings. The first-order chi connectivity index (χ1) is 8.54. The Labute approximate surface area is 112 Å². The zero-order valence-corrected chi connectivity index (χ0v) is 11.5. The van der Waals surface area contributed by atoms with Crippen molar-refractivity contribution in [1.29, 1.82) is 0 Å². The van der Waals surface area contributed by atoms with Gasteiger partial charge in [0.15, 0.2) is 0 Å². The topological polar surface area (TPSA) is 78.7 Å². The van der Waals surface area contributed by atoms with E-state index in [0.717, 1.165) is 0 Å². The van der Waals surface area contributed by atoms with E-state index in [1.165, 1.54) is 19.2 Å². The van der Waals surface area contributed by atoms with E-state index in [1.807, 2.05) is 0 Å². The Hall–Kier alpha value is -1.63. The highest BCUT2D eigenvalue weighted by Gasteiger charge is 2.22. The molecule has 0 aromatic heterocycles. The van der Waals surface area contributed by atoms with Crippen LogP contribution in [0.5, 0.6) is 5.75 Å². The minimum Gasteiger partial charge on any atom is -0.496 e. The summed E-state index contributed by atoms with van der Waals surface area (Å²) in [6.45, 7) is 1.85. The van der Waals surface area contributed by atoms with Gasteiger partial charge in [0.25, 0.3) is 5.69 Å². The molecule has 0 fully saturated rings. The molecule has 0 saturated carbocycles. The third-order valence-corrected chi connectivity index (χ3v) is 2.84. The van der Waals surface area contributed by atoms with Crippen LogP contribution in [0.4, 0.5) is 5.69 Å². The zero-order valence-electron chi connectivity index (χ0n) is 9.94. The molecular weight excluding hydrogens is 306 g/mol. The van der Waals surface area contributed by atoms with Crippen LogP contribution in [0.25, 0.3) is 0 Å². The number of carbonyl (C=O) groups is 1. The van der Waals surface area contributed by atoms with Crippen molar-refractivity contribution >= 4 is 27.6 Å². The molecule has 1 aromatic rings. The lowest BCUT2D eigenvalue weighted by molar-refractivity contribution is -0.385.